The molecule has 1 rings (SSSR count). The minimum Gasteiger partial charge on any atom is -0.493 e. The number of allylic oxidation sites excluding steroid dienone is 3. The number of rotatable bonds is 6. The van der Waals surface area contributed by atoms with E-state index in [4.69, 9.17) is 4.74 Å². The van der Waals surface area contributed by atoms with Crippen molar-refractivity contribution in [1.82, 2.24) is 4.90 Å². The third kappa shape index (κ3) is 3.97. The van der Waals surface area contributed by atoms with Crippen molar-refractivity contribution < 1.29 is 4.74 Å². The van der Waals surface area contributed by atoms with Crippen molar-refractivity contribution in [2.75, 3.05) is 26.2 Å². The maximum atomic E-state index is 5.65. The largest absolute Gasteiger partial charge is 0.493 e. The lowest BCUT2D eigenvalue weighted by Crippen LogP contribution is -2.26. The molecule has 2 heteroatoms. The molecule has 0 saturated carbocycles. The molecule has 0 aromatic carbocycles. The summed E-state index contributed by atoms with van der Waals surface area (Å²) in [4.78, 5) is 2.37. The molecule has 1 aliphatic rings. The maximum Gasteiger partial charge on any atom is 0.115 e. The fourth-order valence-electron chi connectivity index (χ4n) is 1.53. The number of hydrogen-bond acceptors (Lipinski definition) is 2. The molecule has 0 heterocycles. The average molecular weight is 195 g/mol. The Balaban J connectivity index is 2.14. The number of likely N-dealkylation sites (N-methyl/N-ethyl adjacent to an activating group) is 1. The average Bonchev–Trinajstić information content (AvgIpc) is 2.26. The van der Waals surface area contributed by atoms with Gasteiger partial charge in [0, 0.05) is 6.54 Å². The van der Waals surface area contributed by atoms with E-state index < -0.39 is 0 Å². The second-order valence-electron chi connectivity index (χ2n) is 3.46. The highest BCUT2D eigenvalue weighted by Gasteiger charge is 2.00. The van der Waals surface area contributed by atoms with Crippen molar-refractivity contribution in [2.24, 2.45) is 0 Å². The molecule has 0 spiro atoms. The van der Waals surface area contributed by atoms with E-state index in [0.29, 0.717) is 0 Å². The lowest BCUT2D eigenvalue weighted by atomic mass is 10.2. The summed E-state index contributed by atoms with van der Waals surface area (Å²) in [6, 6.07) is 0. The highest BCUT2D eigenvalue weighted by molar-refractivity contribution is 5.15. The fraction of sp³-hybridized carbons (Fsp3) is 0.667. The molecule has 0 radical (unpaired) electrons. The van der Waals surface area contributed by atoms with Crippen LogP contribution in [0, 0.1) is 0 Å². The molecule has 0 atom stereocenters. The highest BCUT2D eigenvalue weighted by Crippen LogP contribution is 2.10. The molecule has 0 N–H and O–H groups in total. The predicted molar refractivity (Wildman–Crippen MR) is 60.2 cm³/mol. The Hall–Kier alpha value is -0.760. The third-order valence-electron chi connectivity index (χ3n) is 2.53. The van der Waals surface area contributed by atoms with Crippen LogP contribution in [0.2, 0.25) is 0 Å². The number of ether oxygens (including phenoxy) is 1. The third-order valence-corrected chi connectivity index (χ3v) is 2.53. The monoisotopic (exact) mass is 195 g/mol. The first-order valence-corrected chi connectivity index (χ1v) is 5.58. The van der Waals surface area contributed by atoms with E-state index in [-0.39, 0.29) is 0 Å². The lowest BCUT2D eigenvalue weighted by Gasteiger charge is -2.18. The van der Waals surface area contributed by atoms with E-state index >= 15 is 0 Å². The molecule has 0 aromatic heterocycles. The van der Waals surface area contributed by atoms with Gasteiger partial charge in [0.25, 0.3) is 0 Å². The van der Waals surface area contributed by atoms with Crippen LogP contribution in [0.3, 0.4) is 0 Å². The zero-order valence-electron chi connectivity index (χ0n) is 9.33. The van der Waals surface area contributed by atoms with E-state index in [9.17, 15) is 0 Å². The predicted octanol–water partition coefficient (Wildman–Crippen LogP) is 2.58. The van der Waals surface area contributed by atoms with E-state index in [1.807, 2.05) is 0 Å². The van der Waals surface area contributed by atoms with Gasteiger partial charge < -0.3 is 9.64 Å². The van der Waals surface area contributed by atoms with Gasteiger partial charge in [-0.15, -0.1) is 0 Å². The van der Waals surface area contributed by atoms with E-state index in [2.05, 4.69) is 37.0 Å². The Bertz CT molecular complexity index is 204. The molecular formula is C12H21NO. The minimum absolute atomic E-state index is 0.803. The molecule has 0 unspecified atom stereocenters. The van der Waals surface area contributed by atoms with Crippen LogP contribution in [0.5, 0.6) is 0 Å². The van der Waals surface area contributed by atoms with Crippen molar-refractivity contribution in [2.45, 2.75) is 26.7 Å². The van der Waals surface area contributed by atoms with Crippen LogP contribution in [0.1, 0.15) is 26.7 Å². The van der Waals surface area contributed by atoms with Gasteiger partial charge in [-0.2, -0.15) is 0 Å². The molecule has 14 heavy (non-hydrogen) atoms. The van der Waals surface area contributed by atoms with Crippen LogP contribution in [0.4, 0.5) is 0 Å². The molecule has 0 aliphatic heterocycles. The summed E-state index contributed by atoms with van der Waals surface area (Å²) in [7, 11) is 0. The first kappa shape index (κ1) is 11.3. The van der Waals surface area contributed by atoms with Crippen molar-refractivity contribution in [1.29, 1.82) is 0 Å². The fourth-order valence-corrected chi connectivity index (χ4v) is 1.53. The second-order valence-corrected chi connectivity index (χ2v) is 3.46. The van der Waals surface area contributed by atoms with Crippen molar-refractivity contribution in [3.8, 4) is 0 Å². The quantitative estimate of drug-likeness (QED) is 0.646. The van der Waals surface area contributed by atoms with Gasteiger partial charge in [0.1, 0.15) is 12.4 Å². The van der Waals surface area contributed by atoms with Gasteiger partial charge in [-0.05, 0) is 38.1 Å². The highest BCUT2D eigenvalue weighted by atomic mass is 16.5. The molecule has 0 aromatic rings. The van der Waals surface area contributed by atoms with Gasteiger partial charge in [-0.1, -0.05) is 19.9 Å². The lowest BCUT2D eigenvalue weighted by molar-refractivity contribution is 0.170. The van der Waals surface area contributed by atoms with Gasteiger partial charge in [-0.25, -0.2) is 0 Å². The SMILES string of the molecule is CCN(CC)CCOC1=CCCC=C1. The Morgan fingerprint density at radius 1 is 1.29 bits per heavy atom. The summed E-state index contributed by atoms with van der Waals surface area (Å²) in [6.07, 6.45) is 8.70. The molecule has 2 nitrogen and oxygen atoms in total. The Kier molecular flexibility index (Phi) is 5.38. The standard InChI is InChI=1S/C12H21NO/c1-3-13(4-2)10-11-14-12-8-6-5-7-9-12/h6,8-9H,3-5,7,10-11H2,1-2H3. The summed E-state index contributed by atoms with van der Waals surface area (Å²) in [5.41, 5.74) is 0. The summed E-state index contributed by atoms with van der Waals surface area (Å²) < 4.78 is 5.65. The zero-order valence-corrected chi connectivity index (χ0v) is 9.33. The topological polar surface area (TPSA) is 12.5 Å². The van der Waals surface area contributed by atoms with Gasteiger partial charge in [0.05, 0.1) is 0 Å². The van der Waals surface area contributed by atoms with Gasteiger partial charge in [0.2, 0.25) is 0 Å². The smallest absolute Gasteiger partial charge is 0.115 e. The molecule has 0 bridgehead atoms. The number of hydrogen-bond donors (Lipinski definition) is 0. The minimum atomic E-state index is 0.803. The molecule has 0 fully saturated rings. The number of nitrogens with zero attached hydrogens (tertiary/aromatic N) is 1. The Morgan fingerprint density at radius 2 is 2.07 bits per heavy atom. The van der Waals surface area contributed by atoms with E-state index in [1.165, 1.54) is 0 Å². The zero-order chi connectivity index (χ0) is 10.2. The summed E-state index contributed by atoms with van der Waals surface area (Å²) in [5, 5.41) is 0. The van der Waals surface area contributed by atoms with Gasteiger partial charge in [-0.3, -0.25) is 0 Å². The molecule has 80 valence electrons. The van der Waals surface area contributed by atoms with Crippen LogP contribution in [0.15, 0.2) is 24.0 Å². The first-order chi connectivity index (χ1) is 6.86. The van der Waals surface area contributed by atoms with Crippen molar-refractivity contribution >= 4 is 0 Å². The van der Waals surface area contributed by atoms with Crippen LogP contribution in [0.25, 0.3) is 0 Å². The first-order valence-electron chi connectivity index (χ1n) is 5.58. The molecule has 1 aliphatic carbocycles. The van der Waals surface area contributed by atoms with Crippen molar-refractivity contribution in [3.05, 3.63) is 24.0 Å². The van der Waals surface area contributed by atoms with Crippen LogP contribution in [-0.2, 0) is 4.74 Å². The van der Waals surface area contributed by atoms with E-state index in [1.54, 1.807) is 0 Å². The maximum absolute atomic E-state index is 5.65. The van der Waals surface area contributed by atoms with Crippen LogP contribution >= 0.6 is 0 Å². The van der Waals surface area contributed by atoms with Crippen LogP contribution < -0.4 is 0 Å². The Morgan fingerprint density at radius 3 is 2.64 bits per heavy atom. The molecular weight excluding hydrogens is 174 g/mol. The van der Waals surface area contributed by atoms with Crippen LogP contribution in [-0.4, -0.2) is 31.1 Å². The second kappa shape index (κ2) is 6.66. The van der Waals surface area contributed by atoms with E-state index in [0.717, 1.165) is 44.8 Å². The molecule has 0 amide bonds. The summed E-state index contributed by atoms with van der Waals surface area (Å²) >= 11 is 0. The summed E-state index contributed by atoms with van der Waals surface area (Å²) in [6.45, 7) is 8.41. The molecule has 0 saturated heterocycles. The van der Waals surface area contributed by atoms with Gasteiger partial charge in [0.15, 0.2) is 0 Å². The summed E-state index contributed by atoms with van der Waals surface area (Å²) in [5.74, 6) is 1.04. The Labute approximate surface area is 87.2 Å². The normalized spacial score (nSPS) is 15.8. The van der Waals surface area contributed by atoms with Crippen molar-refractivity contribution in [3.63, 3.8) is 0 Å². The van der Waals surface area contributed by atoms with Gasteiger partial charge >= 0.3 is 0 Å².